The van der Waals surface area contributed by atoms with E-state index in [4.69, 9.17) is 0 Å². The van der Waals surface area contributed by atoms with Crippen molar-refractivity contribution in [2.45, 2.75) is 19.8 Å². The highest BCUT2D eigenvalue weighted by Crippen LogP contribution is 2.11. The number of carbonyl (C=O) groups excluding carboxylic acids is 2. The second kappa shape index (κ2) is 6.65. The van der Waals surface area contributed by atoms with Gasteiger partial charge in [-0.2, -0.15) is 0 Å². The lowest BCUT2D eigenvalue weighted by atomic mass is 10.2. The van der Waals surface area contributed by atoms with Crippen LogP contribution in [-0.4, -0.2) is 34.2 Å². The van der Waals surface area contributed by atoms with Gasteiger partial charge in [0.05, 0.1) is 12.7 Å². The fourth-order valence-corrected chi connectivity index (χ4v) is 1.74. The number of H-pyrrole nitrogens is 1. The lowest BCUT2D eigenvalue weighted by Gasteiger charge is -2.03. The minimum Gasteiger partial charge on any atom is -0.465 e. The zero-order valence-electron chi connectivity index (χ0n) is 11.8. The van der Waals surface area contributed by atoms with Gasteiger partial charge in [-0.1, -0.05) is 6.92 Å². The van der Waals surface area contributed by atoms with E-state index in [0.717, 1.165) is 12.8 Å². The fraction of sp³-hybridized carbons (Fsp3) is 0.286. The van der Waals surface area contributed by atoms with Crippen molar-refractivity contribution < 1.29 is 14.3 Å². The number of anilines is 1. The van der Waals surface area contributed by atoms with Crippen LogP contribution in [0.15, 0.2) is 24.3 Å². The zero-order valence-corrected chi connectivity index (χ0v) is 11.8. The lowest BCUT2D eigenvalue weighted by molar-refractivity contribution is 0.0600. The first kappa shape index (κ1) is 14.7. The van der Waals surface area contributed by atoms with Gasteiger partial charge in [0.15, 0.2) is 0 Å². The smallest absolute Gasteiger partial charge is 0.337 e. The topological polar surface area (TPSA) is 97.0 Å². The predicted molar refractivity (Wildman–Crippen MR) is 76.1 cm³/mol. The summed E-state index contributed by atoms with van der Waals surface area (Å²) in [5.74, 6) is -0.0512. The fourth-order valence-electron chi connectivity index (χ4n) is 1.74. The Labute approximate surface area is 121 Å². The van der Waals surface area contributed by atoms with Crippen LogP contribution in [0.1, 0.15) is 40.1 Å². The Bertz CT molecular complexity index is 634. The number of rotatable bonds is 5. The monoisotopic (exact) mass is 288 g/mol. The molecule has 0 aliphatic heterocycles. The van der Waals surface area contributed by atoms with E-state index in [0.29, 0.717) is 17.1 Å². The third kappa shape index (κ3) is 3.65. The molecule has 7 nitrogen and oxygen atoms in total. The molecule has 0 atom stereocenters. The van der Waals surface area contributed by atoms with Gasteiger partial charge in [0, 0.05) is 12.1 Å². The Hall–Kier alpha value is -2.70. The Balaban J connectivity index is 2.03. The lowest BCUT2D eigenvalue weighted by Crippen LogP contribution is -2.14. The molecule has 2 aromatic rings. The van der Waals surface area contributed by atoms with E-state index >= 15 is 0 Å². The third-order valence-corrected chi connectivity index (χ3v) is 2.79. The summed E-state index contributed by atoms with van der Waals surface area (Å²) in [6, 6.07) is 6.37. The summed E-state index contributed by atoms with van der Waals surface area (Å²) in [6.45, 7) is 2.02. The molecule has 0 unspecified atom stereocenters. The molecule has 1 heterocycles. The second-order valence-electron chi connectivity index (χ2n) is 4.38. The van der Waals surface area contributed by atoms with Gasteiger partial charge in [0.25, 0.3) is 5.91 Å². The van der Waals surface area contributed by atoms with E-state index in [1.807, 2.05) is 6.92 Å². The molecule has 1 amide bonds. The van der Waals surface area contributed by atoms with Crippen LogP contribution in [0.5, 0.6) is 0 Å². The van der Waals surface area contributed by atoms with Crippen LogP contribution in [-0.2, 0) is 11.2 Å². The first-order chi connectivity index (χ1) is 10.1. The standard InChI is InChI=1S/C14H16N4O3/c1-3-4-11-16-12(18-17-11)13(19)15-10-7-5-9(6-8-10)14(20)21-2/h5-8H,3-4H2,1-2H3,(H,15,19)(H,16,17,18). The number of esters is 1. The van der Waals surface area contributed by atoms with Crippen LogP contribution in [0.3, 0.4) is 0 Å². The van der Waals surface area contributed by atoms with Crippen LogP contribution in [0.25, 0.3) is 0 Å². The van der Waals surface area contributed by atoms with E-state index in [9.17, 15) is 9.59 Å². The maximum absolute atomic E-state index is 12.0. The van der Waals surface area contributed by atoms with E-state index in [1.165, 1.54) is 7.11 Å². The van der Waals surface area contributed by atoms with Crippen molar-refractivity contribution in [2.24, 2.45) is 0 Å². The first-order valence-corrected chi connectivity index (χ1v) is 6.55. The van der Waals surface area contributed by atoms with Crippen LogP contribution < -0.4 is 5.32 Å². The molecule has 21 heavy (non-hydrogen) atoms. The van der Waals surface area contributed by atoms with Crippen molar-refractivity contribution in [3.8, 4) is 0 Å². The molecule has 0 radical (unpaired) electrons. The molecule has 0 saturated carbocycles. The molecule has 2 N–H and O–H groups in total. The van der Waals surface area contributed by atoms with Crippen molar-refractivity contribution in [3.63, 3.8) is 0 Å². The molecule has 1 aromatic carbocycles. The summed E-state index contributed by atoms with van der Waals surface area (Å²) < 4.78 is 4.60. The molecule has 0 saturated heterocycles. The number of aryl methyl sites for hydroxylation is 1. The number of methoxy groups -OCH3 is 1. The quantitative estimate of drug-likeness (QED) is 0.818. The predicted octanol–water partition coefficient (Wildman–Crippen LogP) is 1.80. The number of carbonyl (C=O) groups is 2. The van der Waals surface area contributed by atoms with Gasteiger partial charge in [-0.05, 0) is 30.7 Å². The largest absolute Gasteiger partial charge is 0.465 e. The summed E-state index contributed by atoms with van der Waals surface area (Å²) in [4.78, 5) is 27.4. The summed E-state index contributed by atoms with van der Waals surface area (Å²) in [5, 5.41) is 9.25. The van der Waals surface area contributed by atoms with Gasteiger partial charge in [0.1, 0.15) is 5.82 Å². The van der Waals surface area contributed by atoms with Crippen molar-refractivity contribution in [3.05, 3.63) is 41.5 Å². The molecular formula is C14H16N4O3. The van der Waals surface area contributed by atoms with Crippen molar-refractivity contribution in [1.82, 2.24) is 15.2 Å². The second-order valence-corrected chi connectivity index (χ2v) is 4.38. The van der Waals surface area contributed by atoms with Crippen molar-refractivity contribution >= 4 is 17.6 Å². The number of aromatic nitrogens is 3. The van der Waals surface area contributed by atoms with E-state index in [2.05, 4.69) is 25.2 Å². The highest BCUT2D eigenvalue weighted by Gasteiger charge is 2.13. The number of nitrogens with zero attached hydrogens (tertiary/aromatic N) is 2. The maximum Gasteiger partial charge on any atom is 0.337 e. The van der Waals surface area contributed by atoms with Crippen LogP contribution in [0.4, 0.5) is 5.69 Å². The van der Waals surface area contributed by atoms with Gasteiger partial charge in [-0.15, -0.1) is 5.10 Å². The number of amides is 1. The molecular weight excluding hydrogens is 272 g/mol. The molecule has 2 rings (SSSR count). The Morgan fingerprint density at radius 3 is 2.62 bits per heavy atom. The molecule has 0 fully saturated rings. The molecule has 1 aromatic heterocycles. The van der Waals surface area contributed by atoms with Gasteiger partial charge in [-0.3, -0.25) is 9.89 Å². The number of aromatic amines is 1. The molecule has 0 bridgehead atoms. The van der Waals surface area contributed by atoms with E-state index in [1.54, 1.807) is 24.3 Å². The normalized spacial score (nSPS) is 10.2. The summed E-state index contributed by atoms with van der Waals surface area (Å²) >= 11 is 0. The Kier molecular flexibility index (Phi) is 4.65. The molecule has 0 aliphatic rings. The van der Waals surface area contributed by atoms with E-state index < -0.39 is 11.9 Å². The molecule has 0 aliphatic carbocycles. The molecule has 110 valence electrons. The average Bonchev–Trinajstić information content (AvgIpc) is 2.96. The van der Waals surface area contributed by atoms with Crippen LogP contribution >= 0.6 is 0 Å². The van der Waals surface area contributed by atoms with Crippen LogP contribution in [0, 0.1) is 0 Å². The third-order valence-electron chi connectivity index (χ3n) is 2.79. The minimum absolute atomic E-state index is 0.0931. The number of hydrogen-bond donors (Lipinski definition) is 2. The number of hydrogen-bond acceptors (Lipinski definition) is 5. The highest BCUT2D eigenvalue weighted by atomic mass is 16.5. The Morgan fingerprint density at radius 2 is 2.00 bits per heavy atom. The first-order valence-electron chi connectivity index (χ1n) is 6.55. The number of nitrogens with one attached hydrogen (secondary N) is 2. The summed E-state index contributed by atoms with van der Waals surface area (Å²) in [5.41, 5.74) is 0.966. The van der Waals surface area contributed by atoms with Crippen LogP contribution in [0.2, 0.25) is 0 Å². The number of benzene rings is 1. The van der Waals surface area contributed by atoms with Gasteiger partial charge in [-0.25, -0.2) is 9.78 Å². The maximum atomic E-state index is 12.0. The molecule has 7 heteroatoms. The average molecular weight is 288 g/mol. The zero-order chi connectivity index (χ0) is 15.2. The summed E-state index contributed by atoms with van der Waals surface area (Å²) in [7, 11) is 1.31. The van der Waals surface area contributed by atoms with E-state index in [-0.39, 0.29) is 5.82 Å². The molecule has 0 spiro atoms. The Morgan fingerprint density at radius 1 is 1.29 bits per heavy atom. The van der Waals surface area contributed by atoms with Crippen molar-refractivity contribution in [1.29, 1.82) is 0 Å². The minimum atomic E-state index is -0.425. The highest BCUT2D eigenvalue weighted by molar-refractivity contribution is 6.01. The van der Waals surface area contributed by atoms with Gasteiger partial charge in [0.2, 0.25) is 5.82 Å². The van der Waals surface area contributed by atoms with Gasteiger partial charge >= 0.3 is 5.97 Å². The van der Waals surface area contributed by atoms with Gasteiger partial charge < -0.3 is 10.1 Å². The number of ether oxygens (including phenoxy) is 1. The van der Waals surface area contributed by atoms with Crippen molar-refractivity contribution in [2.75, 3.05) is 12.4 Å². The SMILES string of the molecule is CCCc1nc(C(=O)Nc2ccc(C(=O)OC)cc2)n[nH]1. The summed E-state index contributed by atoms with van der Waals surface area (Å²) in [6.07, 6.45) is 1.67.